The Labute approximate surface area is 102 Å². The van der Waals surface area contributed by atoms with E-state index in [1.807, 2.05) is 0 Å². The molecule has 0 aliphatic rings. The summed E-state index contributed by atoms with van der Waals surface area (Å²) in [7, 11) is 0. The molecule has 2 aromatic rings. The fraction of sp³-hybridized carbons (Fsp3) is 0.0833. The van der Waals surface area contributed by atoms with Gasteiger partial charge in [-0.05, 0) is 24.3 Å². The molecule has 0 aliphatic carbocycles. The highest BCUT2D eigenvalue weighted by atomic mass is 19.1. The highest BCUT2D eigenvalue weighted by molar-refractivity contribution is 5.94. The number of benzene rings is 1. The van der Waals surface area contributed by atoms with Crippen LogP contribution in [0.5, 0.6) is 0 Å². The summed E-state index contributed by atoms with van der Waals surface area (Å²) in [5, 5.41) is 11.9. The van der Waals surface area contributed by atoms with E-state index in [-0.39, 0.29) is 5.56 Å². The minimum Gasteiger partial charge on any atom is -0.478 e. The maximum Gasteiger partial charge on any atom is 0.337 e. The predicted octanol–water partition coefficient (Wildman–Crippen LogP) is 1.93. The minimum absolute atomic E-state index is 0.107. The van der Waals surface area contributed by atoms with Gasteiger partial charge in [0.05, 0.1) is 17.8 Å². The van der Waals surface area contributed by atoms with E-state index in [0.29, 0.717) is 17.9 Å². The Morgan fingerprint density at radius 2 is 2.22 bits per heavy atom. The molecular weight excluding hydrogens is 237 g/mol. The van der Waals surface area contributed by atoms with Gasteiger partial charge in [0.2, 0.25) is 0 Å². The number of carboxylic acids is 1. The number of nitrogens with one attached hydrogen (secondary N) is 1. The van der Waals surface area contributed by atoms with E-state index < -0.39 is 11.8 Å². The lowest BCUT2D eigenvalue weighted by Crippen LogP contribution is -2.07. The van der Waals surface area contributed by atoms with Crippen molar-refractivity contribution in [2.24, 2.45) is 0 Å². The molecule has 92 valence electrons. The number of aromatic carboxylic acids is 1. The fourth-order valence-electron chi connectivity index (χ4n) is 1.46. The molecule has 0 spiro atoms. The largest absolute Gasteiger partial charge is 0.478 e. The van der Waals surface area contributed by atoms with Gasteiger partial charge in [-0.15, -0.1) is 0 Å². The van der Waals surface area contributed by atoms with Crippen LogP contribution >= 0.6 is 0 Å². The molecular formula is C12H10FN3O2. The van der Waals surface area contributed by atoms with Crippen molar-refractivity contribution in [3.63, 3.8) is 0 Å². The van der Waals surface area contributed by atoms with Gasteiger partial charge in [0.25, 0.3) is 0 Å². The van der Waals surface area contributed by atoms with Gasteiger partial charge in [-0.2, -0.15) is 0 Å². The van der Waals surface area contributed by atoms with E-state index in [1.165, 1.54) is 18.5 Å². The average molecular weight is 247 g/mol. The molecule has 18 heavy (non-hydrogen) atoms. The lowest BCUT2D eigenvalue weighted by atomic mass is 10.1. The predicted molar refractivity (Wildman–Crippen MR) is 62.7 cm³/mol. The molecule has 1 heterocycles. The molecule has 0 saturated carbocycles. The third-order valence-corrected chi connectivity index (χ3v) is 2.32. The lowest BCUT2D eigenvalue weighted by Gasteiger charge is -2.09. The molecule has 0 radical (unpaired) electrons. The number of nitrogens with zero attached hydrogens (tertiary/aromatic N) is 2. The van der Waals surface area contributed by atoms with Gasteiger partial charge in [0.15, 0.2) is 0 Å². The van der Waals surface area contributed by atoms with Crippen LogP contribution in [0.3, 0.4) is 0 Å². The van der Waals surface area contributed by atoms with Gasteiger partial charge >= 0.3 is 5.97 Å². The third kappa shape index (κ3) is 2.79. The summed E-state index contributed by atoms with van der Waals surface area (Å²) >= 11 is 0. The van der Waals surface area contributed by atoms with Gasteiger partial charge < -0.3 is 10.4 Å². The van der Waals surface area contributed by atoms with Crippen LogP contribution in [0.25, 0.3) is 0 Å². The van der Waals surface area contributed by atoms with Crippen molar-refractivity contribution in [2.75, 3.05) is 5.32 Å². The monoisotopic (exact) mass is 247 g/mol. The molecule has 0 unspecified atom stereocenters. The summed E-state index contributed by atoms with van der Waals surface area (Å²) in [4.78, 5) is 18.7. The molecule has 0 bridgehead atoms. The Morgan fingerprint density at radius 3 is 2.89 bits per heavy atom. The second kappa shape index (κ2) is 5.22. The van der Waals surface area contributed by atoms with Crippen LogP contribution in [0.1, 0.15) is 16.1 Å². The van der Waals surface area contributed by atoms with Crippen molar-refractivity contribution < 1.29 is 14.3 Å². The molecule has 5 nitrogen and oxygen atoms in total. The zero-order valence-corrected chi connectivity index (χ0v) is 9.30. The zero-order chi connectivity index (χ0) is 13.0. The van der Waals surface area contributed by atoms with E-state index in [9.17, 15) is 9.18 Å². The Hall–Kier alpha value is -2.50. The summed E-state index contributed by atoms with van der Waals surface area (Å²) in [5.74, 6) is -1.76. The molecule has 0 saturated heterocycles. The van der Waals surface area contributed by atoms with Crippen LogP contribution in [-0.4, -0.2) is 21.0 Å². The number of anilines is 1. The number of carbonyl (C=O) groups is 1. The first-order valence-electron chi connectivity index (χ1n) is 5.18. The maximum absolute atomic E-state index is 13.0. The lowest BCUT2D eigenvalue weighted by molar-refractivity contribution is 0.0697. The molecule has 2 rings (SSSR count). The van der Waals surface area contributed by atoms with Crippen LogP contribution in [0, 0.1) is 5.82 Å². The molecule has 6 heteroatoms. The van der Waals surface area contributed by atoms with Crippen LogP contribution < -0.4 is 5.32 Å². The maximum atomic E-state index is 13.0. The first kappa shape index (κ1) is 12.0. The number of halogens is 1. The fourth-order valence-corrected chi connectivity index (χ4v) is 1.46. The molecule has 1 aromatic heterocycles. The molecule has 1 aromatic carbocycles. The van der Waals surface area contributed by atoms with E-state index in [1.54, 1.807) is 12.3 Å². The average Bonchev–Trinajstić information content (AvgIpc) is 2.38. The molecule has 2 N–H and O–H groups in total. The van der Waals surface area contributed by atoms with Crippen LogP contribution in [0.4, 0.5) is 10.1 Å². The zero-order valence-electron chi connectivity index (χ0n) is 9.30. The smallest absolute Gasteiger partial charge is 0.337 e. The van der Waals surface area contributed by atoms with Gasteiger partial charge in [0.1, 0.15) is 12.1 Å². The number of hydrogen-bond acceptors (Lipinski definition) is 4. The van der Waals surface area contributed by atoms with E-state index in [4.69, 9.17) is 5.11 Å². The van der Waals surface area contributed by atoms with Crippen molar-refractivity contribution in [1.82, 2.24) is 9.97 Å². The van der Waals surface area contributed by atoms with Crippen LogP contribution in [0.15, 0.2) is 36.8 Å². The summed E-state index contributed by atoms with van der Waals surface area (Å²) < 4.78 is 13.0. The van der Waals surface area contributed by atoms with Crippen molar-refractivity contribution >= 4 is 11.7 Å². The Kier molecular flexibility index (Phi) is 3.47. The second-order valence-corrected chi connectivity index (χ2v) is 3.55. The summed E-state index contributed by atoms with van der Waals surface area (Å²) in [5.41, 5.74) is 0.956. The summed E-state index contributed by atoms with van der Waals surface area (Å²) in [6.45, 7) is 0.342. The number of carboxylic acid groups (broad SMARTS) is 1. The Morgan fingerprint density at radius 1 is 1.39 bits per heavy atom. The van der Waals surface area contributed by atoms with Crippen molar-refractivity contribution in [3.05, 3.63) is 53.9 Å². The Balaban J connectivity index is 2.17. The number of hydrogen-bond donors (Lipinski definition) is 2. The van der Waals surface area contributed by atoms with Crippen molar-refractivity contribution in [2.45, 2.75) is 6.54 Å². The van der Waals surface area contributed by atoms with Gasteiger partial charge in [-0.25, -0.2) is 19.2 Å². The summed E-state index contributed by atoms with van der Waals surface area (Å²) in [6.07, 6.45) is 2.99. The van der Waals surface area contributed by atoms with Gasteiger partial charge in [-0.3, -0.25) is 0 Å². The first-order valence-corrected chi connectivity index (χ1v) is 5.18. The van der Waals surface area contributed by atoms with Crippen molar-refractivity contribution in [3.8, 4) is 0 Å². The number of rotatable bonds is 4. The molecule has 0 fully saturated rings. The molecule has 0 amide bonds. The second-order valence-electron chi connectivity index (χ2n) is 3.55. The third-order valence-electron chi connectivity index (χ3n) is 2.32. The van der Waals surface area contributed by atoms with Gasteiger partial charge in [0, 0.05) is 11.9 Å². The minimum atomic E-state index is -1.18. The van der Waals surface area contributed by atoms with Crippen LogP contribution in [-0.2, 0) is 6.54 Å². The highest BCUT2D eigenvalue weighted by Crippen LogP contribution is 2.17. The Bertz CT molecular complexity index is 561. The standard InChI is InChI=1S/C12H10FN3O2/c13-8-1-2-11(10(5-8)12(17)18)15-6-9-3-4-14-7-16-9/h1-5,7,15H,6H2,(H,17,18). The normalized spacial score (nSPS) is 10.1. The van der Waals surface area contributed by atoms with E-state index in [0.717, 1.165) is 6.07 Å². The number of aromatic nitrogens is 2. The summed E-state index contributed by atoms with van der Waals surface area (Å²) in [6, 6.07) is 5.27. The van der Waals surface area contributed by atoms with Crippen LogP contribution in [0.2, 0.25) is 0 Å². The first-order chi connectivity index (χ1) is 8.66. The van der Waals surface area contributed by atoms with E-state index in [2.05, 4.69) is 15.3 Å². The van der Waals surface area contributed by atoms with Gasteiger partial charge in [-0.1, -0.05) is 0 Å². The molecule has 0 atom stereocenters. The highest BCUT2D eigenvalue weighted by Gasteiger charge is 2.11. The van der Waals surface area contributed by atoms with E-state index >= 15 is 0 Å². The van der Waals surface area contributed by atoms with Crippen molar-refractivity contribution in [1.29, 1.82) is 0 Å². The molecule has 0 aliphatic heterocycles. The quantitative estimate of drug-likeness (QED) is 0.863. The topological polar surface area (TPSA) is 75.1 Å². The SMILES string of the molecule is O=C(O)c1cc(F)ccc1NCc1ccncn1.